The van der Waals surface area contributed by atoms with Gasteiger partial charge in [0.05, 0.1) is 17.9 Å². The lowest BCUT2D eigenvalue weighted by Gasteiger charge is -2.03. The molecule has 0 atom stereocenters. The number of fused-ring (bicyclic) bond motifs is 1. The number of Topliss-reactive ketones (excluding diaryl/α,β-unsaturated/α-hetero) is 1. The fraction of sp³-hybridized carbons (Fsp3) is 0.400. The van der Waals surface area contributed by atoms with E-state index < -0.39 is 5.97 Å². The molecule has 0 aliphatic carbocycles. The smallest absolute Gasteiger partial charge is 0.343 e. The summed E-state index contributed by atoms with van der Waals surface area (Å²) in [4.78, 5) is 23.4. The molecule has 6 heteroatoms. The van der Waals surface area contributed by atoms with Crippen LogP contribution in [-0.2, 0) is 16.0 Å². The van der Waals surface area contributed by atoms with Gasteiger partial charge in [0.1, 0.15) is 16.4 Å². The molecule has 0 aliphatic rings. The molecule has 2 aromatic rings. The zero-order valence-corrected chi connectivity index (χ0v) is 13.2. The topological polar surface area (TPSA) is 60.7 Å². The minimum Gasteiger partial charge on any atom is -0.462 e. The number of thioether (sulfide) groups is 1. The molecule has 0 spiro atoms. The first-order chi connectivity index (χ1) is 10.1. The Balaban J connectivity index is 2.52. The van der Waals surface area contributed by atoms with Crippen molar-refractivity contribution < 1.29 is 14.3 Å². The maximum atomic E-state index is 12.2. The van der Waals surface area contributed by atoms with Gasteiger partial charge >= 0.3 is 5.97 Å². The highest BCUT2D eigenvalue weighted by molar-refractivity contribution is 8.00. The maximum Gasteiger partial charge on any atom is 0.343 e. The highest BCUT2D eigenvalue weighted by atomic mass is 32.2. The van der Waals surface area contributed by atoms with E-state index in [9.17, 15) is 9.59 Å². The summed E-state index contributed by atoms with van der Waals surface area (Å²) in [6.45, 7) is 5.64. The average molecular weight is 306 g/mol. The Hall–Kier alpha value is -1.82. The zero-order valence-electron chi connectivity index (χ0n) is 12.4. The zero-order chi connectivity index (χ0) is 15.4. The standard InChI is InChI=1S/C15H18N2O3S/c1-4-11-6-7-17-12(8-11)13(15(19)20-5-2)14(16-17)21-9-10(3)18/h6-8H,4-5,9H2,1-3H3. The van der Waals surface area contributed by atoms with Crippen LogP contribution in [0.25, 0.3) is 5.52 Å². The van der Waals surface area contributed by atoms with Crippen LogP contribution in [0.3, 0.4) is 0 Å². The Morgan fingerprint density at radius 1 is 1.38 bits per heavy atom. The molecule has 2 heterocycles. The van der Waals surface area contributed by atoms with Crippen LogP contribution in [0.4, 0.5) is 0 Å². The van der Waals surface area contributed by atoms with E-state index in [1.165, 1.54) is 18.7 Å². The number of rotatable bonds is 6. The van der Waals surface area contributed by atoms with E-state index in [0.717, 1.165) is 17.5 Å². The van der Waals surface area contributed by atoms with E-state index in [-0.39, 0.29) is 11.5 Å². The van der Waals surface area contributed by atoms with Gasteiger partial charge in [-0.15, -0.1) is 0 Å². The van der Waals surface area contributed by atoms with Crippen molar-refractivity contribution in [3.8, 4) is 0 Å². The molecule has 0 aromatic carbocycles. The van der Waals surface area contributed by atoms with E-state index in [2.05, 4.69) is 12.0 Å². The number of hydrogen-bond acceptors (Lipinski definition) is 5. The summed E-state index contributed by atoms with van der Waals surface area (Å²) in [5, 5.41) is 4.93. The molecule has 0 N–H and O–H groups in total. The maximum absolute atomic E-state index is 12.2. The minimum atomic E-state index is -0.396. The number of carbonyl (C=O) groups excluding carboxylic acids is 2. The van der Waals surface area contributed by atoms with E-state index in [1.807, 2.05) is 18.3 Å². The molecule has 0 amide bonds. The SMILES string of the molecule is CCOC(=O)c1c(SCC(C)=O)nn2ccc(CC)cc12. The molecule has 21 heavy (non-hydrogen) atoms. The quantitative estimate of drug-likeness (QED) is 0.606. The Bertz CT molecular complexity index is 679. The van der Waals surface area contributed by atoms with E-state index in [4.69, 9.17) is 4.74 Å². The number of pyridine rings is 1. The van der Waals surface area contributed by atoms with Gasteiger partial charge in [-0.25, -0.2) is 9.31 Å². The molecule has 0 aliphatic heterocycles. The van der Waals surface area contributed by atoms with Crippen LogP contribution < -0.4 is 0 Å². The van der Waals surface area contributed by atoms with Gasteiger partial charge in [-0.3, -0.25) is 4.79 Å². The first-order valence-electron chi connectivity index (χ1n) is 6.87. The van der Waals surface area contributed by atoms with Crippen LogP contribution in [0.2, 0.25) is 0 Å². The molecule has 0 unspecified atom stereocenters. The van der Waals surface area contributed by atoms with Gasteiger partial charge in [0.15, 0.2) is 0 Å². The van der Waals surface area contributed by atoms with E-state index in [1.54, 1.807) is 11.4 Å². The summed E-state index contributed by atoms with van der Waals surface area (Å²) in [7, 11) is 0. The fourth-order valence-electron chi connectivity index (χ4n) is 1.95. The lowest BCUT2D eigenvalue weighted by Crippen LogP contribution is -2.06. The first kappa shape index (κ1) is 15.6. The number of nitrogens with zero attached hydrogens (tertiary/aromatic N) is 2. The number of carbonyl (C=O) groups is 2. The first-order valence-corrected chi connectivity index (χ1v) is 7.86. The Kier molecular flexibility index (Phi) is 5.01. The lowest BCUT2D eigenvalue weighted by atomic mass is 10.1. The van der Waals surface area contributed by atoms with Crippen molar-refractivity contribution in [1.29, 1.82) is 0 Å². The molecule has 0 saturated carbocycles. The predicted molar refractivity (Wildman–Crippen MR) is 81.9 cm³/mol. The highest BCUT2D eigenvalue weighted by Crippen LogP contribution is 2.27. The summed E-state index contributed by atoms with van der Waals surface area (Å²) in [6.07, 6.45) is 2.70. The molecular formula is C15H18N2O3S. The summed E-state index contributed by atoms with van der Waals surface area (Å²) < 4.78 is 6.79. The Morgan fingerprint density at radius 3 is 2.76 bits per heavy atom. The summed E-state index contributed by atoms with van der Waals surface area (Å²) in [5.41, 5.74) is 2.29. The van der Waals surface area contributed by atoms with Gasteiger partial charge in [0.2, 0.25) is 0 Å². The van der Waals surface area contributed by atoms with Crippen LogP contribution in [0.1, 0.15) is 36.7 Å². The normalized spacial score (nSPS) is 10.8. The summed E-state index contributed by atoms with van der Waals surface area (Å²) in [6, 6.07) is 3.91. The molecule has 112 valence electrons. The van der Waals surface area contributed by atoms with E-state index in [0.29, 0.717) is 17.2 Å². The van der Waals surface area contributed by atoms with Crippen molar-refractivity contribution in [2.24, 2.45) is 0 Å². The number of aromatic nitrogens is 2. The van der Waals surface area contributed by atoms with Crippen molar-refractivity contribution in [3.05, 3.63) is 29.5 Å². The lowest BCUT2D eigenvalue weighted by molar-refractivity contribution is -0.114. The second-order valence-electron chi connectivity index (χ2n) is 4.61. The number of aryl methyl sites for hydroxylation is 1. The number of hydrogen-bond donors (Lipinski definition) is 0. The number of esters is 1. The van der Waals surface area contributed by atoms with Gasteiger partial charge < -0.3 is 4.74 Å². The molecule has 2 rings (SSSR count). The third-order valence-electron chi connectivity index (χ3n) is 2.97. The largest absolute Gasteiger partial charge is 0.462 e. The Labute approximate surface area is 127 Å². The van der Waals surface area contributed by atoms with Crippen LogP contribution in [0.5, 0.6) is 0 Å². The van der Waals surface area contributed by atoms with Crippen LogP contribution in [0.15, 0.2) is 23.4 Å². The fourth-order valence-corrected chi connectivity index (χ4v) is 2.77. The number of ketones is 1. The summed E-state index contributed by atoms with van der Waals surface area (Å²) >= 11 is 1.27. The number of ether oxygens (including phenoxy) is 1. The van der Waals surface area contributed by atoms with Crippen molar-refractivity contribution in [2.75, 3.05) is 12.4 Å². The minimum absolute atomic E-state index is 0.0427. The van der Waals surface area contributed by atoms with Gasteiger partial charge in [0, 0.05) is 6.20 Å². The molecule has 0 saturated heterocycles. The average Bonchev–Trinajstić information content (AvgIpc) is 2.82. The van der Waals surface area contributed by atoms with Gasteiger partial charge in [-0.1, -0.05) is 18.7 Å². The molecule has 0 bridgehead atoms. The molecule has 2 aromatic heterocycles. The second kappa shape index (κ2) is 6.76. The third-order valence-corrected chi connectivity index (χ3v) is 4.08. The van der Waals surface area contributed by atoms with Gasteiger partial charge in [-0.05, 0) is 38.0 Å². The van der Waals surface area contributed by atoms with Gasteiger partial charge in [-0.2, -0.15) is 5.10 Å². The van der Waals surface area contributed by atoms with Crippen molar-refractivity contribution >= 4 is 29.0 Å². The summed E-state index contributed by atoms with van der Waals surface area (Å²) in [5.74, 6) is -0.0652. The second-order valence-corrected chi connectivity index (χ2v) is 5.57. The van der Waals surface area contributed by atoms with Crippen LogP contribution in [-0.4, -0.2) is 33.7 Å². The van der Waals surface area contributed by atoms with Crippen molar-refractivity contribution in [3.63, 3.8) is 0 Å². The highest BCUT2D eigenvalue weighted by Gasteiger charge is 2.21. The van der Waals surface area contributed by atoms with Crippen molar-refractivity contribution in [2.45, 2.75) is 32.2 Å². The molecular weight excluding hydrogens is 288 g/mol. The predicted octanol–water partition coefficient (Wildman–Crippen LogP) is 2.75. The van der Waals surface area contributed by atoms with Gasteiger partial charge in [0.25, 0.3) is 0 Å². The van der Waals surface area contributed by atoms with E-state index >= 15 is 0 Å². The third kappa shape index (κ3) is 3.44. The molecule has 5 nitrogen and oxygen atoms in total. The molecule has 0 fully saturated rings. The monoisotopic (exact) mass is 306 g/mol. The van der Waals surface area contributed by atoms with Crippen molar-refractivity contribution in [1.82, 2.24) is 9.61 Å². The van der Waals surface area contributed by atoms with Crippen LogP contribution >= 0.6 is 11.8 Å². The molecule has 0 radical (unpaired) electrons. The Morgan fingerprint density at radius 2 is 2.14 bits per heavy atom. The van der Waals surface area contributed by atoms with Crippen LogP contribution in [0, 0.1) is 0 Å².